The SMILES string of the molecule is C[C@H]1C[C@@H](C)[C@](C)(O)[C@@H](C)C1. The lowest BCUT2D eigenvalue weighted by Crippen LogP contribution is -2.44. The van der Waals surface area contributed by atoms with Gasteiger partial charge in [0.25, 0.3) is 0 Å². The average Bonchev–Trinajstić information content (AvgIpc) is 1.84. The van der Waals surface area contributed by atoms with Gasteiger partial charge in [0.15, 0.2) is 0 Å². The fraction of sp³-hybridized carbons (Fsp3) is 1.00. The van der Waals surface area contributed by atoms with Gasteiger partial charge in [0.05, 0.1) is 5.60 Å². The molecule has 0 aromatic rings. The molecule has 1 aliphatic carbocycles. The Balaban J connectivity index is 2.67. The smallest absolute Gasteiger partial charge is 0.0670 e. The highest BCUT2D eigenvalue weighted by atomic mass is 16.3. The molecule has 0 saturated heterocycles. The van der Waals surface area contributed by atoms with Gasteiger partial charge in [0.1, 0.15) is 0 Å². The maximum Gasteiger partial charge on any atom is 0.0670 e. The molecule has 11 heavy (non-hydrogen) atoms. The van der Waals surface area contributed by atoms with E-state index in [1.807, 2.05) is 6.92 Å². The third-order valence-corrected chi connectivity index (χ3v) is 3.51. The van der Waals surface area contributed by atoms with Crippen LogP contribution in [0.4, 0.5) is 0 Å². The highest BCUT2D eigenvalue weighted by molar-refractivity contribution is 4.90. The first-order valence-corrected chi connectivity index (χ1v) is 4.67. The molecule has 1 fully saturated rings. The Labute approximate surface area is 69.8 Å². The average molecular weight is 156 g/mol. The van der Waals surface area contributed by atoms with Crippen molar-refractivity contribution in [2.75, 3.05) is 0 Å². The van der Waals surface area contributed by atoms with Crippen LogP contribution >= 0.6 is 0 Å². The molecule has 1 nitrogen and oxygen atoms in total. The van der Waals surface area contributed by atoms with Gasteiger partial charge in [0.2, 0.25) is 0 Å². The first-order valence-electron chi connectivity index (χ1n) is 4.67. The summed E-state index contributed by atoms with van der Waals surface area (Å²) in [5.41, 5.74) is -0.424. The molecule has 0 aliphatic heterocycles. The van der Waals surface area contributed by atoms with E-state index in [1.54, 1.807) is 0 Å². The summed E-state index contributed by atoms with van der Waals surface area (Å²) in [6.45, 7) is 8.58. The van der Waals surface area contributed by atoms with Crippen LogP contribution in [0.3, 0.4) is 0 Å². The van der Waals surface area contributed by atoms with E-state index in [0.29, 0.717) is 11.8 Å². The van der Waals surface area contributed by atoms with E-state index < -0.39 is 5.60 Å². The maximum atomic E-state index is 10.0. The summed E-state index contributed by atoms with van der Waals surface area (Å²) in [6, 6.07) is 0. The Bertz CT molecular complexity index is 126. The largest absolute Gasteiger partial charge is 0.390 e. The predicted octanol–water partition coefficient (Wildman–Crippen LogP) is 2.44. The van der Waals surface area contributed by atoms with E-state index >= 15 is 0 Å². The quantitative estimate of drug-likeness (QED) is 0.571. The zero-order valence-electron chi connectivity index (χ0n) is 8.09. The standard InChI is InChI=1S/C10H20O/c1-7-5-8(2)10(4,11)9(3)6-7/h7-9,11H,5-6H2,1-4H3/t7-,8+,9-,10-. The summed E-state index contributed by atoms with van der Waals surface area (Å²) in [7, 11) is 0. The van der Waals surface area contributed by atoms with Crippen molar-refractivity contribution in [1.29, 1.82) is 0 Å². The van der Waals surface area contributed by atoms with E-state index in [4.69, 9.17) is 0 Å². The summed E-state index contributed by atoms with van der Waals surface area (Å²) >= 11 is 0. The molecule has 1 N–H and O–H groups in total. The van der Waals surface area contributed by atoms with Crippen molar-refractivity contribution < 1.29 is 5.11 Å². The molecule has 0 unspecified atom stereocenters. The lowest BCUT2D eigenvalue weighted by molar-refractivity contribution is -0.0790. The van der Waals surface area contributed by atoms with Gasteiger partial charge >= 0.3 is 0 Å². The molecular weight excluding hydrogens is 136 g/mol. The van der Waals surface area contributed by atoms with Crippen LogP contribution < -0.4 is 0 Å². The van der Waals surface area contributed by atoms with E-state index in [9.17, 15) is 5.11 Å². The van der Waals surface area contributed by atoms with Gasteiger partial charge in [-0.15, -0.1) is 0 Å². The summed E-state index contributed by atoms with van der Waals surface area (Å²) < 4.78 is 0. The van der Waals surface area contributed by atoms with Crippen molar-refractivity contribution in [1.82, 2.24) is 0 Å². The van der Waals surface area contributed by atoms with Crippen molar-refractivity contribution in [2.24, 2.45) is 17.8 Å². The molecule has 1 heteroatoms. The van der Waals surface area contributed by atoms with Crippen LogP contribution in [0.2, 0.25) is 0 Å². The molecule has 0 spiro atoms. The number of rotatable bonds is 0. The normalized spacial score (nSPS) is 52.6. The van der Waals surface area contributed by atoms with Crippen LogP contribution in [0, 0.1) is 17.8 Å². The van der Waals surface area contributed by atoms with Crippen LogP contribution in [0.5, 0.6) is 0 Å². The first kappa shape index (κ1) is 9.05. The Morgan fingerprint density at radius 2 is 1.45 bits per heavy atom. The number of hydrogen-bond donors (Lipinski definition) is 1. The molecule has 0 heterocycles. The molecule has 0 bridgehead atoms. The second-order valence-electron chi connectivity index (χ2n) is 4.60. The van der Waals surface area contributed by atoms with Crippen LogP contribution in [0.15, 0.2) is 0 Å². The fourth-order valence-electron chi connectivity index (χ4n) is 2.27. The van der Waals surface area contributed by atoms with E-state index in [1.165, 1.54) is 12.8 Å². The molecule has 66 valence electrons. The van der Waals surface area contributed by atoms with Crippen LogP contribution in [-0.2, 0) is 0 Å². The van der Waals surface area contributed by atoms with E-state index in [0.717, 1.165) is 5.92 Å². The highest BCUT2D eigenvalue weighted by Gasteiger charge is 2.39. The molecule has 4 atom stereocenters. The summed E-state index contributed by atoms with van der Waals surface area (Å²) in [4.78, 5) is 0. The molecule has 0 radical (unpaired) electrons. The summed E-state index contributed by atoms with van der Waals surface area (Å²) in [5.74, 6) is 1.71. The third kappa shape index (κ3) is 1.58. The topological polar surface area (TPSA) is 20.2 Å². The zero-order chi connectivity index (χ0) is 8.65. The third-order valence-electron chi connectivity index (χ3n) is 3.51. The lowest BCUT2D eigenvalue weighted by atomic mass is 9.67. The van der Waals surface area contributed by atoms with Gasteiger partial charge in [-0.25, -0.2) is 0 Å². The van der Waals surface area contributed by atoms with Crippen LogP contribution in [0.25, 0.3) is 0 Å². The van der Waals surface area contributed by atoms with E-state index in [2.05, 4.69) is 20.8 Å². The monoisotopic (exact) mass is 156 g/mol. The van der Waals surface area contributed by atoms with Crippen molar-refractivity contribution in [3.8, 4) is 0 Å². The predicted molar refractivity (Wildman–Crippen MR) is 47.3 cm³/mol. The molecule has 0 aromatic carbocycles. The summed E-state index contributed by atoms with van der Waals surface area (Å²) in [5, 5.41) is 10.0. The molecular formula is C10H20O. The van der Waals surface area contributed by atoms with Crippen LogP contribution in [0.1, 0.15) is 40.5 Å². The fourth-order valence-corrected chi connectivity index (χ4v) is 2.27. The summed E-state index contributed by atoms with van der Waals surface area (Å²) in [6.07, 6.45) is 2.36. The highest BCUT2D eigenvalue weighted by Crippen LogP contribution is 2.40. The Morgan fingerprint density at radius 1 is 1.09 bits per heavy atom. The van der Waals surface area contributed by atoms with Gasteiger partial charge in [0, 0.05) is 0 Å². The lowest BCUT2D eigenvalue weighted by Gasteiger charge is -2.43. The van der Waals surface area contributed by atoms with E-state index in [-0.39, 0.29) is 0 Å². The Kier molecular flexibility index (Phi) is 2.29. The van der Waals surface area contributed by atoms with Gasteiger partial charge < -0.3 is 5.11 Å². The Morgan fingerprint density at radius 3 is 1.82 bits per heavy atom. The number of hydrogen-bond acceptors (Lipinski definition) is 1. The second-order valence-corrected chi connectivity index (χ2v) is 4.60. The molecule has 1 saturated carbocycles. The van der Waals surface area contributed by atoms with Crippen molar-refractivity contribution in [2.45, 2.75) is 46.1 Å². The van der Waals surface area contributed by atoms with Gasteiger partial charge in [-0.3, -0.25) is 0 Å². The number of aliphatic hydroxyl groups is 1. The minimum atomic E-state index is -0.424. The van der Waals surface area contributed by atoms with Gasteiger partial charge in [-0.1, -0.05) is 20.8 Å². The Hall–Kier alpha value is -0.0400. The van der Waals surface area contributed by atoms with Gasteiger partial charge in [-0.2, -0.15) is 0 Å². The van der Waals surface area contributed by atoms with Crippen molar-refractivity contribution in [3.05, 3.63) is 0 Å². The minimum Gasteiger partial charge on any atom is -0.390 e. The molecule has 0 aromatic heterocycles. The molecule has 1 rings (SSSR count). The molecule has 0 amide bonds. The van der Waals surface area contributed by atoms with Crippen molar-refractivity contribution >= 4 is 0 Å². The second kappa shape index (κ2) is 2.78. The minimum absolute atomic E-state index is 0.424. The first-order chi connectivity index (χ1) is 4.94. The van der Waals surface area contributed by atoms with Crippen LogP contribution in [-0.4, -0.2) is 10.7 Å². The maximum absolute atomic E-state index is 10.0. The van der Waals surface area contributed by atoms with Gasteiger partial charge in [-0.05, 0) is 37.5 Å². The molecule has 1 aliphatic rings. The zero-order valence-corrected chi connectivity index (χ0v) is 8.09. The van der Waals surface area contributed by atoms with Crippen molar-refractivity contribution in [3.63, 3.8) is 0 Å².